The van der Waals surface area contributed by atoms with Crippen molar-refractivity contribution >= 4 is 29.2 Å². The molecule has 6 nitrogen and oxygen atoms in total. The standard InChI is InChI=1S/C18H17ClN6.C2H6/c1-11-16(12-6-3-2-4-7-12)24-18(21)25-17(11)23-15(20)10-14-13(19)8-5-9-22-14;1-2/h2-9H,10H2,1H3,(H4,20,21,23,24,25);1-2H3. The van der Waals surface area contributed by atoms with Crippen LogP contribution in [0.2, 0.25) is 5.02 Å². The second-order valence-corrected chi connectivity index (χ2v) is 5.86. The van der Waals surface area contributed by atoms with Crippen molar-refractivity contribution in [2.24, 2.45) is 10.7 Å². The molecule has 27 heavy (non-hydrogen) atoms. The molecule has 1 aromatic carbocycles. The maximum absolute atomic E-state index is 6.11. The van der Waals surface area contributed by atoms with Gasteiger partial charge in [-0.05, 0) is 19.1 Å². The Kier molecular flexibility index (Phi) is 7.25. The van der Waals surface area contributed by atoms with Gasteiger partial charge >= 0.3 is 0 Å². The van der Waals surface area contributed by atoms with Crippen molar-refractivity contribution in [2.75, 3.05) is 5.73 Å². The highest BCUT2D eigenvalue weighted by Gasteiger charge is 2.12. The van der Waals surface area contributed by atoms with Gasteiger partial charge in [0.2, 0.25) is 5.95 Å². The Balaban J connectivity index is 0.00000126. The van der Waals surface area contributed by atoms with Crippen molar-refractivity contribution < 1.29 is 0 Å². The Hall–Kier alpha value is -2.99. The molecule has 0 spiro atoms. The van der Waals surface area contributed by atoms with E-state index in [1.54, 1.807) is 18.3 Å². The number of rotatable bonds is 4. The van der Waals surface area contributed by atoms with Gasteiger partial charge in [-0.1, -0.05) is 55.8 Å². The second kappa shape index (κ2) is 9.64. The van der Waals surface area contributed by atoms with Crippen molar-refractivity contribution in [2.45, 2.75) is 27.2 Å². The lowest BCUT2D eigenvalue weighted by molar-refractivity contribution is 1.10. The third-order valence-electron chi connectivity index (χ3n) is 3.62. The van der Waals surface area contributed by atoms with Gasteiger partial charge in [-0.3, -0.25) is 4.98 Å². The van der Waals surface area contributed by atoms with E-state index in [2.05, 4.69) is 19.9 Å². The minimum Gasteiger partial charge on any atom is -0.387 e. The lowest BCUT2D eigenvalue weighted by Crippen LogP contribution is -2.16. The number of aliphatic imine (C=N–C) groups is 1. The number of benzene rings is 1. The summed E-state index contributed by atoms with van der Waals surface area (Å²) in [7, 11) is 0. The number of hydrogen-bond donors (Lipinski definition) is 2. The van der Waals surface area contributed by atoms with Crippen LogP contribution < -0.4 is 11.5 Å². The highest BCUT2D eigenvalue weighted by atomic mass is 35.5. The van der Waals surface area contributed by atoms with E-state index in [-0.39, 0.29) is 5.95 Å². The summed E-state index contributed by atoms with van der Waals surface area (Å²) < 4.78 is 0. The quantitative estimate of drug-likeness (QED) is 0.516. The van der Waals surface area contributed by atoms with Crippen molar-refractivity contribution in [1.29, 1.82) is 0 Å². The Morgan fingerprint density at radius 3 is 2.44 bits per heavy atom. The first kappa shape index (κ1) is 20.3. The molecule has 0 aliphatic carbocycles. The molecular formula is C20H23ClN6. The summed E-state index contributed by atoms with van der Waals surface area (Å²) in [4.78, 5) is 17.2. The highest BCUT2D eigenvalue weighted by Crippen LogP contribution is 2.28. The minimum atomic E-state index is 0.145. The third kappa shape index (κ3) is 5.24. The summed E-state index contributed by atoms with van der Waals surface area (Å²) in [5, 5.41) is 0.546. The largest absolute Gasteiger partial charge is 0.387 e. The Morgan fingerprint density at radius 1 is 1.07 bits per heavy atom. The van der Waals surface area contributed by atoms with Gasteiger partial charge in [-0.15, -0.1) is 0 Å². The van der Waals surface area contributed by atoms with Crippen molar-refractivity contribution in [3.63, 3.8) is 0 Å². The molecule has 0 bridgehead atoms. The molecule has 0 amide bonds. The summed E-state index contributed by atoms with van der Waals surface area (Å²) in [5.41, 5.74) is 15.1. The fourth-order valence-corrected chi connectivity index (χ4v) is 2.59. The molecule has 0 unspecified atom stereocenters. The Bertz CT molecular complexity index is 925. The molecule has 0 saturated carbocycles. The van der Waals surface area contributed by atoms with Crippen LogP contribution in [0, 0.1) is 6.92 Å². The van der Waals surface area contributed by atoms with E-state index in [4.69, 9.17) is 23.1 Å². The number of nitrogens with zero attached hydrogens (tertiary/aromatic N) is 4. The maximum atomic E-state index is 6.11. The molecule has 0 aliphatic rings. The van der Waals surface area contributed by atoms with Crippen molar-refractivity contribution in [1.82, 2.24) is 15.0 Å². The number of hydrogen-bond acceptors (Lipinski definition) is 5. The molecule has 2 heterocycles. The van der Waals surface area contributed by atoms with Crippen molar-refractivity contribution in [3.05, 3.63) is 64.9 Å². The number of nitrogen functional groups attached to an aromatic ring is 1. The topological polar surface area (TPSA) is 103 Å². The monoisotopic (exact) mass is 382 g/mol. The fourth-order valence-electron chi connectivity index (χ4n) is 2.40. The van der Waals surface area contributed by atoms with Gasteiger partial charge in [0.15, 0.2) is 5.82 Å². The molecule has 3 aromatic rings. The normalized spacial score (nSPS) is 10.9. The van der Waals surface area contributed by atoms with Crippen LogP contribution in [0.25, 0.3) is 11.3 Å². The van der Waals surface area contributed by atoms with Crippen LogP contribution in [-0.2, 0) is 6.42 Å². The van der Waals surface area contributed by atoms with Crippen LogP contribution >= 0.6 is 11.6 Å². The summed E-state index contributed by atoms with van der Waals surface area (Å²) >= 11 is 6.11. The molecule has 0 fully saturated rings. The molecule has 3 rings (SSSR count). The number of pyridine rings is 1. The van der Waals surface area contributed by atoms with Gasteiger partial charge < -0.3 is 11.5 Å². The Labute approximate surface area is 164 Å². The molecule has 4 N–H and O–H groups in total. The molecular weight excluding hydrogens is 360 g/mol. The van der Waals surface area contributed by atoms with Gasteiger partial charge in [0, 0.05) is 23.7 Å². The van der Waals surface area contributed by atoms with E-state index in [1.807, 2.05) is 51.1 Å². The van der Waals surface area contributed by atoms with Crippen LogP contribution in [0.3, 0.4) is 0 Å². The molecule has 0 radical (unpaired) electrons. The zero-order chi connectivity index (χ0) is 19.8. The van der Waals surface area contributed by atoms with Gasteiger partial charge in [-0.25, -0.2) is 9.98 Å². The van der Waals surface area contributed by atoms with E-state index < -0.39 is 0 Å². The Morgan fingerprint density at radius 2 is 1.78 bits per heavy atom. The van der Waals surface area contributed by atoms with Crippen LogP contribution in [-0.4, -0.2) is 20.8 Å². The van der Waals surface area contributed by atoms with Gasteiger partial charge in [0.1, 0.15) is 5.84 Å². The number of nitrogens with two attached hydrogens (primary N) is 2. The first-order valence-corrected chi connectivity index (χ1v) is 9.04. The first-order chi connectivity index (χ1) is 13.0. The van der Waals surface area contributed by atoms with Crippen molar-refractivity contribution in [3.8, 4) is 11.3 Å². The summed E-state index contributed by atoms with van der Waals surface area (Å²) in [6, 6.07) is 13.3. The molecule has 0 atom stereocenters. The highest BCUT2D eigenvalue weighted by molar-refractivity contribution is 6.31. The first-order valence-electron chi connectivity index (χ1n) is 8.66. The lowest BCUT2D eigenvalue weighted by Gasteiger charge is -2.09. The molecule has 140 valence electrons. The zero-order valence-corrected chi connectivity index (χ0v) is 16.4. The minimum absolute atomic E-state index is 0.145. The maximum Gasteiger partial charge on any atom is 0.222 e. The van der Waals surface area contributed by atoms with Crippen LogP contribution in [0.4, 0.5) is 11.8 Å². The van der Waals surface area contributed by atoms with Gasteiger partial charge in [0.25, 0.3) is 0 Å². The molecule has 0 saturated heterocycles. The van der Waals surface area contributed by atoms with E-state index in [0.717, 1.165) is 16.8 Å². The number of anilines is 1. The number of amidine groups is 1. The fraction of sp³-hybridized carbons (Fsp3) is 0.200. The van der Waals surface area contributed by atoms with E-state index >= 15 is 0 Å². The van der Waals surface area contributed by atoms with E-state index in [0.29, 0.717) is 28.8 Å². The lowest BCUT2D eigenvalue weighted by atomic mass is 10.1. The summed E-state index contributed by atoms with van der Waals surface area (Å²) in [5.74, 6) is 0.934. The molecule has 0 aliphatic heterocycles. The SMILES string of the molecule is CC.Cc1c(N=C(N)Cc2ncccc2Cl)nc(N)nc1-c1ccccc1. The molecule has 7 heteroatoms. The predicted octanol–water partition coefficient (Wildman–Crippen LogP) is 4.34. The third-order valence-corrected chi connectivity index (χ3v) is 3.96. The van der Waals surface area contributed by atoms with Crippen LogP contribution in [0.15, 0.2) is 53.7 Å². The molecule has 2 aromatic heterocycles. The van der Waals surface area contributed by atoms with E-state index in [9.17, 15) is 0 Å². The average Bonchev–Trinajstić information content (AvgIpc) is 2.68. The average molecular weight is 383 g/mol. The number of aromatic nitrogens is 3. The smallest absolute Gasteiger partial charge is 0.222 e. The predicted molar refractivity (Wildman–Crippen MR) is 112 cm³/mol. The van der Waals surface area contributed by atoms with Crippen LogP contribution in [0.5, 0.6) is 0 Å². The number of halogens is 1. The summed E-state index contributed by atoms with van der Waals surface area (Å²) in [6.07, 6.45) is 1.99. The van der Waals surface area contributed by atoms with Crippen LogP contribution in [0.1, 0.15) is 25.1 Å². The summed E-state index contributed by atoms with van der Waals surface area (Å²) in [6.45, 7) is 5.89. The van der Waals surface area contributed by atoms with E-state index in [1.165, 1.54) is 0 Å². The van der Waals surface area contributed by atoms with Gasteiger partial charge in [-0.2, -0.15) is 4.98 Å². The second-order valence-electron chi connectivity index (χ2n) is 5.46. The zero-order valence-electron chi connectivity index (χ0n) is 15.6. The van der Waals surface area contributed by atoms with Gasteiger partial charge in [0.05, 0.1) is 16.4 Å².